The molecule has 2 heteroatoms. The van der Waals surface area contributed by atoms with Gasteiger partial charge in [0.2, 0.25) is 5.88 Å². The van der Waals surface area contributed by atoms with Gasteiger partial charge in [-0.25, -0.2) is 4.98 Å². The molecule has 0 amide bonds. The van der Waals surface area contributed by atoms with Gasteiger partial charge in [0.25, 0.3) is 0 Å². The average Bonchev–Trinajstić information content (AvgIpc) is 2.38. The minimum Gasteiger partial charge on any atom is -0.473 e. The number of hydrogen-bond donors (Lipinski definition) is 0. The maximum atomic E-state index is 5.62. The fourth-order valence-electron chi connectivity index (χ4n) is 1.47. The van der Waals surface area contributed by atoms with E-state index >= 15 is 0 Å². The third-order valence-corrected chi connectivity index (χ3v) is 2.37. The lowest BCUT2D eigenvalue weighted by Gasteiger charge is -2.06. The number of rotatable bonds is 4. The van der Waals surface area contributed by atoms with Crippen molar-refractivity contribution < 1.29 is 4.74 Å². The van der Waals surface area contributed by atoms with Gasteiger partial charge in [0.05, 0.1) is 0 Å². The van der Waals surface area contributed by atoms with Gasteiger partial charge in [-0.3, -0.25) is 0 Å². The quantitative estimate of drug-likeness (QED) is 0.778. The summed E-state index contributed by atoms with van der Waals surface area (Å²) in [4.78, 5) is 4.38. The molecule has 0 N–H and O–H groups in total. The van der Waals surface area contributed by atoms with Crippen LogP contribution in [0.25, 0.3) is 0 Å². The summed E-state index contributed by atoms with van der Waals surface area (Å²) in [5.41, 5.74) is 2.22. The van der Waals surface area contributed by atoms with Crippen LogP contribution in [0.1, 0.15) is 18.2 Å². The van der Waals surface area contributed by atoms with Crippen LogP contribution >= 0.6 is 0 Å². The molecule has 16 heavy (non-hydrogen) atoms. The minimum absolute atomic E-state index is 0.570. The highest BCUT2D eigenvalue weighted by Gasteiger charge is 1.97. The summed E-state index contributed by atoms with van der Waals surface area (Å²) in [6.07, 6.45) is 0.933. The SMILES string of the molecule is CCc1cccc(OCc2ccccc2)n1. The monoisotopic (exact) mass is 213 g/mol. The second-order valence-electron chi connectivity index (χ2n) is 3.59. The molecular weight excluding hydrogens is 198 g/mol. The molecule has 82 valence electrons. The molecule has 0 saturated heterocycles. The summed E-state index contributed by atoms with van der Waals surface area (Å²) in [6, 6.07) is 16.0. The van der Waals surface area contributed by atoms with E-state index in [0.29, 0.717) is 12.5 Å². The highest BCUT2D eigenvalue weighted by Crippen LogP contribution is 2.10. The van der Waals surface area contributed by atoms with E-state index < -0.39 is 0 Å². The van der Waals surface area contributed by atoms with Crippen molar-refractivity contribution >= 4 is 0 Å². The third kappa shape index (κ3) is 2.83. The lowest BCUT2D eigenvalue weighted by atomic mass is 10.2. The van der Waals surface area contributed by atoms with Crippen LogP contribution in [0, 0.1) is 0 Å². The predicted molar refractivity (Wildman–Crippen MR) is 64.4 cm³/mol. The third-order valence-electron chi connectivity index (χ3n) is 2.37. The number of nitrogens with zero attached hydrogens (tertiary/aromatic N) is 1. The lowest BCUT2D eigenvalue weighted by molar-refractivity contribution is 0.293. The predicted octanol–water partition coefficient (Wildman–Crippen LogP) is 3.22. The summed E-state index contributed by atoms with van der Waals surface area (Å²) >= 11 is 0. The van der Waals surface area contributed by atoms with Gasteiger partial charge in [-0.05, 0) is 18.1 Å². The van der Waals surface area contributed by atoms with E-state index in [2.05, 4.69) is 11.9 Å². The molecule has 0 bridgehead atoms. The lowest BCUT2D eigenvalue weighted by Crippen LogP contribution is -1.98. The molecule has 2 nitrogen and oxygen atoms in total. The Morgan fingerprint density at radius 3 is 2.56 bits per heavy atom. The van der Waals surface area contributed by atoms with Crippen molar-refractivity contribution in [2.75, 3.05) is 0 Å². The van der Waals surface area contributed by atoms with E-state index in [1.807, 2.05) is 48.5 Å². The molecule has 0 unspecified atom stereocenters. The van der Waals surface area contributed by atoms with Crippen LogP contribution < -0.4 is 4.74 Å². The summed E-state index contributed by atoms with van der Waals surface area (Å²) in [5, 5.41) is 0. The number of aryl methyl sites for hydroxylation is 1. The first-order valence-corrected chi connectivity index (χ1v) is 5.51. The molecule has 0 radical (unpaired) electrons. The van der Waals surface area contributed by atoms with Crippen LogP contribution in [-0.2, 0) is 13.0 Å². The van der Waals surface area contributed by atoms with Crippen LogP contribution in [0.4, 0.5) is 0 Å². The van der Waals surface area contributed by atoms with Gasteiger partial charge in [-0.2, -0.15) is 0 Å². The van der Waals surface area contributed by atoms with Gasteiger partial charge < -0.3 is 4.74 Å². The molecule has 0 aliphatic carbocycles. The van der Waals surface area contributed by atoms with Gasteiger partial charge in [-0.1, -0.05) is 43.3 Å². The van der Waals surface area contributed by atoms with Gasteiger partial charge >= 0.3 is 0 Å². The second-order valence-corrected chi connectivity index (χ2v) is 3.59. The Bertz CT molecular complexity index is 439. The molecule has 0 atom stereocenters. The number of ether oxygens (including phenoxy) is 1. The first-order valence-electron chi connectivity index (χ1n) is 5.51. The van der Waals surface area contributed by atoms with Crippen molar-refractivity contribution in [2.45, 2.75) is 20.0 Å². The first kappa shape index (κ1) is 10.7. The van der Waals surface area contributed by atoms with Gasteiger partial charge in [0.1, 0.15) is 6.61 Å². The maximum Gasteiger partial charge on any atom is 0.213 e. The van der Waals surface area contributed by atoms with Crippen molar-refractivity contribution in [3.05, 3.63) is 59.8 Å². The Labute approximate surface area is 95.9 Å². The number of aromatic nitrogens is 1. The normalized spacial score (nSPS) is 10.1. The Balaban J connectivity index is 1.99. The molecule has 0 aliphatic heterocycles. The molecule has 0 spiro atoms. The first-order chi connectivity index (χ1) is 7.88. The zero-order chi connectivity index (χ0) is 11.2. The highest BCUT2D eigenvalue weighted by atomic mass is 16.5. The number of benzene rings is 1. The number of hydrogen-bond acceptors (Lipinski definition) is 2. The Morgan fingerprint density at radius 1 is 1.00 bits per heavy atom. The average molecular weight is 213 g/mol. The van der Waals surface area contributed by atoms with Crippen molar-refractivity contribution in [3.8, 4) is 5.88 Å². The molecule has 1 heterocycles. The maximum absolute atomic E-state index is 5.62. The molecular formula is C14H15NO. The molecule has 1 aromatic carbocycles. The number of pyridine rings is 1. The van der Waals surface area contributed by atoms with Crippen LogP contribution in [0.3, 0.4) is 0 Å². The van der Waals surface area contributed by atoms with E-state index in [9.17, 15) is 0 Å². The zero-order valence-electron chi connectivity index (χ0n) is 9.39. The fraction of sp³-hybridized carbons (Fsp3) is 0.214. The molecule has 0 aliphatic rings. The molecule has 2 aromatic rings. The summed E-state index contributed by atoms with van der Waals surface area (Å²) in [7, 11) is 0. The highest BCUT2D eigenvalue weighted by molar-refractivity contribution is 5.18. The van der Waals surface area contributed by atoms with Crippen LogP contribution in [0.2, 0.25) is 0 Å². The van der Waals surface area contributed by atoms with Crippen LogP contribution in [0.15, 0.2) is 48.5 Å². The van der Waals surface area contributed by atoms with Crippen molar-refractivity contribution in [1.82, 2.24) is 4.98 Å². The van der Waals surface area contributed by atoms with Gasteiger partial charge in [-0.15, -0.1) is 0 Å². The summed E-state index contributed by atoms with van der Waals surface area (Å²) in [5.74, 6) is 0.697. The van der Waals surface area contributed by atoms with Crippen LogP contribution in [0.5, 0.6) is 5.88 Å². The molecule has 1 aromatic heterocycles. The topological polar surface area (TPSA) is 22.1 Å². The molecule has 0 saturated carbocycles. The van der Waals surface area contributed by atoms with E-state index in [1.54, 1.807) is 0 Å². The largest absolute Gasteiger partial charge is 0.473 e. The van der Waals surface area contributed by atoms with Crippen molar-refractivity contribution in [1.29, 1.82) is 0 Å². The summed E-state index contributed by atoms with van der Waals surface area (Å²) in [6.45, 7) is 2.66. The smallest absolute Gasteiger partial charge is 0.213 e. The van der Waals surface area contributed by atoms with Crippen LogP contribution in [-0.4, -0.2) is 4.98 Å². The van der Waals surface area contributed by atoms with E-state index in [0.717, 1.165) is 17.7 Å². The fourth-order valence-corrected chi connectivity index (χ4v) is 1.47. The second kappa shape index (κ2) is 5.31. The zero-order valence-corrected chi connectivity index (χ0v) is 9.39. The van der Waals surface area contributed by atoms with Gasteiger partial charge in [0, 0.05) is 11.8 Å². The Hall–Kier alpha value is -1.83. The standard InChI is InChI=1S/C14H15NO/c1-2-13-9-6-10-14(15-13)16-11-12-7-4-3-5-8-12/h3-10H,2,11H2,1H3. The summed E-state index contributed by atoms with van der Waals surface area (Å²) < 4.78 is 5.62. The minimum atomic E-state index is 0.570. The van der Waals surface area contributed by atoms with Crippen molar-refractivity contribution in [2.24, 2.45) is 0 Å². The van der Waals surface area contributed by atoms with E-state index in [4.69, 9.17) is 4.74 Å². The Kier molecular flexibility index (Phi) is 3.54. The Morgan fingerprint density at radius 2 is 1.81 bits per heavy atom. The molecule has 2 rings (SSSR count). The van der Waals surface area contributed by atoms with Gasteiger partial charge in [0.15, 0.2) is 0 Å². The van der Waals surface area contributed by atoms with E-state index in [-0.39, 0.29) is 0 Å². The van der Waals surface area contributed by atoms with E-state index in [1.165, 1.54) is 0 Å². The molecule has 0 fully saturated rings. The van der Waals surface area contributed by atoms with Crippen molar-refractivity contribution in [3.63, 3.8) is 0 Å².